The van der Waals surface area contributed by atoms with Crippen molar-refractivity contribution in [3.05, 3.63) is 65.9 Å². The largest absolute Gasteiger partial charge is 0.369 e. The van der Waals surface area contributed by atoms with Gasteiger partial charge in [0.05, 0.1) is 16.9 Å². The number of rotatable bonds is 4. The monoisotopic (exact) mass is 404 g/mol. The number of benzene rings is 2. The van der Waals surface area contributed by atoms with Crippen LogP contribution in [0.3, 0.4) is 0 Å². The zero-order valence-electron chi connectivity index (χ0n) is 15.8. The summed E-state index contributed by atoms with van der Waals surface area (Å²) < 4.78 is 0. The molecule has 0 unspecified atom stereocenters. The van der Waals surface area contributed by atoms with Crippen LogP contribution in [-0.2, 0) is 0 Å². The summed E-state index contributed by atoms with van der Waals surface area (Å²) in [5, 5.41) is 8.32. The van der Waals surface area contributed by atoms with Crippen molar-refractivity contribution in [2.45, 2.75) is 0 Å². The van der Waals surface area contributed by atoms with Gasteiger partial charge in [0.1, 0.15) is 0 Å². The number of nitrogens with zero attached hydrogens (tertiary/aromatic N) is 3. The van der Waals surface area contributed by atoms with Crippen molar-refractivity contribution < 1.29 is 0 Å². The normalized spacial score (nSPS) is 14.3. The lowest BCUT2D eigenvalue weighted by atomic mass is 10.1. The molecule has 7 heteroatoms. The van der Waals surface area contributed by atoms with Crippen molar-refractivity contribution >= 4 is 39.8 Å². The second-order valence-corrected chi connectivity index (χ2v) is 7.46. The van der Waals surface area contributed by atoms with Crippen molar-refractivity contribution in [2.75, 3.05) is 36.4 Å². The van der Waals surface area contributed by atoms with E-state index in [2.05, 4.69) is 49.8 Å². The predicted molar refractivity (Wildman–Crippen MR) is 119 cm³/mol. The lowest BCUT2D eigenvalue weighted by Gasteiger charge is -2.29. The summed E-state index contributed by atoms with van der Waals surface area (Å²) in [6.45, 7) is 4.02. The molecule has 0 aliphatic carbocycles. The molecule has 5 rings (SSSR count). The summed E-state index contributed by atoms with van der Waals surface area (Å²) >= 11 is 6.44. The van der Waals surface area contributed by atoms with Gasteiger partial charge in [-0.05, 0) is 24.3 Å². The van der Waals surface area contributed by atoms with Crippen LogP contribution in [-0.4, -0.2) is 41.1 Å². The third-order valence-electron chi connectivity index (χ3n) is 5.17. The van der Waals surface area contributed by atoms with Crippen molar-refractivity contribution in [2.24, 2.45) is 0 Å². The average Bonchev–Trinajstić information content (AvgIpc) is 3.20. The predicted octanol–water partition coefficient (Wildman–Crippen LogP) is 4.43. The minimum Gasteiger partial charge on any atom is -0.369 e. The minimum absolute atomic E-state index is 0.521. The average molecular weight is 405 g/mol. The number of fused-ring (bicyclic) bond motifs is 1. The fourth-order valence-corrected chi connectivity index (χ4v) is 3.91. The highest BCUT2D eigenvalue weighted by molar-refractivity contribution is 6.33. The number of hydrogen-bond acceptors (Lipinski definition) is 5. The van der Waals surface area contributed by atoms with Gasteiger partial charge in [-0.15, -0.1) is 0 Å². The Labute approximate surface area is 173 Å². The molecule has 3 heterocycles. The van der Waals surface area contributed by atoms with E-state index in [4.69, 9.17) is 16.6 Å². The van der Waals surface area contributed by atoms with E-state index in [1.165, 1.54) is 5.69 Å². The molecular weight excluding hydrogens is 384 g/mol. The number of H-pyrrole nitrogens is 1. The Morgan fingerprint density at radius 3 is 2.79 bits per heavy atom. The summed E-state index contributed by atoms with van der Waals surface area (Å²) in [7, 11) is 0. The molecule has 0 saturated carbocycles. The molecule has 6 nitrogen and oxygen atoms in total. The van der Waals surface area contributed by atoms with Crippen LogP contribution >= 0.6 is 11.6 Å². The number of aromatic nitrogens is 3. The van der Waals surface area contributed by atoms with Gasteiger partial charge in [-0.25, -0.2) is 9.97 Å². The van der Waals surface area contributed by atoms with Gasteiger partial charge in [-0.3, -0.25) is 0 Å². The Morgan fingerprint density at radius 2 is 1.90 bits per heavy atom. The van der Waals surface area contributed by atoms with Gasteiger partial charge in [0, 0.05) is 60.2 Å². The van der Waals surface area contributed by atoms with Crippen LogP contribution in [0.5, 0.6) is 0 Å². The summed E-state index contributed by atoms with van der Waals surface area (Å²) in [4.78, 5) is 14.7. The van der Waals surface area contributed by atoms with E-state index < -0.39 is 0 Å². The summed E-state index contributed by atoms with van der Waals surface area (Å²) in [5.74, 6) is 0.521. The Morgan fingerprint density at radius 1 is 1.03 bits per heavy atom. The molecule has 0 spiro atoms. The van der Waals surface area contributed by atoms with Crippen LogP contribution < -0.4 is 15.5 Å². The molecule has 0 bridgehead atoms. The third kappa shape index (κ3) is 3.64. The molecule has 1 aliphatic rings. The van der Waals surface area contributed by atoms with Crippen molar-refractivity contribution in [3.63, 3.8) is 0 Å². The molecule has 3 N–H and O–H groups in total. The van der Waals surface area contributed by atoms with Gasteiger partial charge in [-0.1, -0.05) is 35.9 Å². The Bertz CT molecular complexity index is 1150. The van der Waals surface area contributed by atoms with E-state index in [9.17, 15) is 0 Å². The quantitative estimate of drug-likeness (QED) is 0.469. The fraction of sp³-hybridized carbons (Fsp3) is 0.182. The molecule has 2 aromatic carbocycles. The van der Waals surface area contributed by atoms with E-state index in [1.807, 2.05) is 30.5 Å². The van der Waals surface area contributed by atoms with Crippen LogP contribution in [0.15, 0.2) is 60.9 Å². The second-order valence-electron chi connectivity index (χ2n) is 7.05. The molecule has 4 aromatic rings. The number of piperazine rings is 1. The molecule has 0 atom stereocenters. The maximum absolute atomic E-state index is 6.44. The topological polar surface area (TPSA) is 68.9 Å². The van der Waals surface area contributed by atoms with E-state index in [1.54, 1.807) is 6.20 Å². The highest BCUT2D eigenvalue weighted by atomic mass is 35.5. The molecule has 1 aliphatic heterocycles. The SMILES string of the molecule is Clc1cnc(Nc2cccc(N3CCNCC3)c2)nc1-c1c[nH]c2ccccc12. The summed E-state index contributed by atoms with van der Waals surface area (Å²) in [6, 6.07) is 16.5. The Kier molecular flexibility index (Phi) is 4.79. The van der Waals surface area contributed by atoms with Gasteiger partial charge in [-0.2, -0.15) is 0 Å². The van der Waals surface area contributed by atoms with Crippen LogP contribution in [0, 0.1) is 0 Å². The first kappa shape index (κ1) is 18.0. The number of halogens is 1. The molecule has 146 valence electrons. The molecule has 29 heavy (non-hydrogen) atoms. The molecule has 1 fully saturated rings. The highest BCUT2D eigenvalue weighted by Crippen LogP contribution is 2.32. The molecule has 0 radical (unpaired) electrons. The highest BCUT2D eigenvalue weighted by Gasteiger charge is 2.14. The van der Waals surface area contributed by atoms with Crippen molar-refractivity contribution in [3.8, 4) is 11.3 Å². The number of hydrogen-bond donors (Lipinski definition) is 3. The number of anilines is 3. The Balaban J connectivity index is 1.45. The molecule has 1 saturated heterocycles. The molecule has 0 amide bonds. The number of nitrogens with one attached hydrogen (secondary N) is 3. The lowest BCUT2D eigenvalue weighted by Crippen LogP contribution is -2.43. The van der Waals surface area contributed by atoms with E-state index in [0.717, 1.165) is 48.3 Å². The smallest absolute Gasteiger partial charge is 0.227 e. The number of aromatic amines is 1. The second kappa shape index (κ2) is 7.73. The molecular formula is C22H21ClN6. The number of para-hydroxylation sites is 1. The van der Waals surface area contributed by atoms with Crippen LogP contribution in [0.1, 0.15) is 0 Å². The zero-order chi connectivity index (χ0) is 19.6. The van der Waals surface area contributed by atoms with Gasteiger partial charge in [0.2, 0.25) is 5.95 Å². The maximum atomic E-state index is 6.44. The van der Waals surface area contributed by atoms with Gasteiger partial charge in [0.25, 0.3) is 0 Å². The van der Waals surface area contributed by atoms with E-state index >= 15 is 0 Å². The van der Waals surface area contributed by atoms with Gasteiger partial charge in [0.15, 0.2) is 0 Å². The van der Waals surface area contributed by atoms with Crippen molar-refractivity contribution in [1.29, 1.82) is 0 Å². The lowest BCUT2D eigenvalue weighted by molar-refractivity contribution is 0.589. The summed E-state index contributed by atoms with van der Waals surface area (Å²) in [5.41, 5.74) is 4.87. The third-order valence-corrected chi connectivity index (χ3v) is 5.45. The van der Waals surface area contributed by atoms with Crippen LogP contribution in [0.25, 0.3) is 22.2 Å². The maximum Gasteiger partial charge on any atom is 0.227 e. The van der Waals surface area contributed by atoms with Crippen molar-refractivity contribution in [1.82, 2.24) is 20.3 Å². The van der Waals surface area contributed by atoms with Crippen LogP contribution in [0.4, 0.5) is 17.3 Å². The van der Waals surface area contributed by atoms with E-state index in [0.29, 0.717) is 16.7 Å². The van der Waals surface area contributed by atoms with Gasteiger partial charge < -0.3 is 20.5 Å². The van der Waals surface area contributed by atoms with Gasteiger partial charge >= 0.3 is 0 Å². The molecule has 2 aromatic heterocycles. The van der Waals surface area contributed by atoms with Crippen LogP contribution in [0.2, 0.25) is 5.02 Å². The first-order valence-corrected chi connectivity index (χ1v) is 10.1. The summed E-state index contributed by atoms with van der Waals surface area (Å²) in [6.07, 6.45) is 3.59. The minimum atomic E-state index is 0.521. The first-order valence-electron chi connectivity index (χ1n) is 9.70. The standard InChI is InChI=1S/C22H21ClN6/c23-19-14-26-22(28-21(19)18-13-25-20-7-2-1-6-17(18)20)27-15-4-3-5-16(12-15)29-10-8-24-9-11-29/h1-7,12-14,24-25H,8-11H2,(H,26,27,28). The zero-order valence-corrected chi connectivity index (χ0v) is 16.6. The first-order chi connectivity index (χ1) is 14.3. The van der Waals surface area contributed by atoms with E-state index in [-0.39, 0.29) is 0 Å². The fourth-order valence-electron chi connectivity index (χ4n) is 3.72. The Hall–Kier alpha value is -3.09.